The molecule has 0 radical (unpaired) electrons. The zero-order chi connectivity index (χ0) is 24.9. The molecule has 0 spiro atoms. The maximum Gasteiger partial charge on any atom is 0.174 e. The van der Waals surface area contributed by atoms with Gasteiger partial charge in [-0.2, -0.15) is 0 Å². The van der Waals surface area contributed by atoms with E-state index in [4.69, 9.17) is 26.4 Å². The van der Waals surface area contributed by atoms with Crippen molar-refractivity contribution in [3.05, 3.63) is 83.2 Å². The van der Waals surface area contributed by atoms with Crippen molar-refractivity contribution in [1.82, 2.24) is 4.90 Å². The van der Waals surface area contributed by atoms with Crippen LogP contribution >= 0.6 is 12.2 Å². The number of methoxy groups -OCH3 is 2. The number of benzene rings is 3. The highest BCUT2D eigenvalue weighted by Crippen LogP contribution is 2.38. The molecule has 1 aliphatic heterocycles. The molecule has 7 heteroatoms. The number of halogens is 1. The SMILES string of the molecule is COc1cc2c(cc1OC)C(COc1ccc(C(C)C)cc1)N(C(=S)Nc1ccc(F)cc1)CC2. The summed E-state index contributed by atoms with van der Waals surface area (Å²) in [6.07, 6.45) is 0.792. The molecule has 1 unspecified atom stereocenters. The number of ether oxygens (including phenoxy) is 3. The van der Waals surface area contributed by atoms with Gasteiger partial charge >= 0.3 is 0 Å². The first-order valence-corrected chi connectivity index (χ1v) is 12.1. The normalized spacial score (nSPS) is 14.9. The van der Waals surface area contributed by atoms with Crippen LogP contribution in [0.3, 0.4) is 0 Å². The number of nitrogens with zero attached hydrogens (tertiary/aromatic N) is 1. The molecule has 184 valence electrons. The Morgan fingerprint density at radius 3 is 2.31 bits per heavy atom. The highest BCUT2D eigenvalue weighted by atomic mass is 32.1. The Kier molecular flexibility index (Phi) is 7.76. The lowest BCUT2D eigenvalue weighted by Gasteiger charge is -2.39. The van der Waals surface area contributed by atoms with Crippen LogP contribution < -0.4 is 19.5 Å². The summed E-state index contributed by atoms with van der Waals surface area (Å²) in [5.41, 5.74) is 4.25. The van der Waals surface area contributed by atoms with Gasteiger partial charge in [0.25, 0.3) is 0 Å². The maximum atomic E-state index is 13.4. The van der Waals surface area contributed by atoms with Crippen molar-refractivity contribution in [1.29, 1.82) is 0 Å². The Morgan fingerprint density at radius 2 is 1.69 bits per heavy atom. The molecule has 0 aromatic heterocycles. The van der Waals surface area contributed by atoms with Crippen molar-refractivity contribution in [3.63, 3.8) is 0 Å². The van der Waals surface area contributed by atoms with Gasteiger partial charge in [-0.3, -0.25) is 0 Å². The predicted octanol–water partition coefficient (Wildman–Crippen LogP) is 6.34. The number of thiocarbonyl (C=S) groups is 1. The lowest BCUT2D eigenvalue weighted by molar-refractivity contribution is 0.190. The molecule has 35 heavy (non-hydrogen) atoms. The summed E-state index contributed by atoms with van der Waals surface area (Å²) in [7, 11) is 3.27. The van der Waals surface area contributed by atoms with Crippen LogP contribution in [0.15, 0.2) is 60.7 Å². The van der Waals surface area contributed by atoms with E-state index < -0.39 is 0 Å². The molecule has 5 nitrogen and oxygen atoms in total. The van der Waals surface area contributed by atoms with E-state index in [0.717, 1.165) is 23.4 Å². The zero-order valence-electron chi connectivity index (χ0n) is 20.5. The molecular formula is C28H31FN2O3S. The Bertz CT molecular complexity index is 1170. The van der Waals surface area contributed by atoms with Crippen LogP contribution in [0.25, 0.3) is 0 Å². The van der Waals surface area contributed by atoms with Crippen LogP contribution in [0.2, 0.25) is 0 Å². The molecule has 1 heterocycles. The quantitative estimate of drug-likeness (QED) is 0.387. The van der Waals surface area contributed by atoms with E-state index in [1.807, 2.05) is 24.3 Å². The van der Waals surface area contributed by atoms with Crippen LogP contribution in [0.1, 0.15) is 42.5 Å². The van der Waals surface area contributed by atoms with E-state index in [2.05, 4.69) is 36.2 Å². The van der Waals surface area contributed by atoms with Gasteiger partial charge < -0.3 is 24.4 Å². The van der Waals surface area contributed by atoms with Crippen LogP contribution in [-0.4, -0.2) is 37.4 Å². The second-order valence-electron chi connectivity index (χ2n) is 8.84. The van der Waals surface area contributed by atoms with Gasteiger partial charge in [0.2, 0.25) is 0 Å². The molecule has 0 aliphatic carbocycles. The van der Waals surface area contributed by atoms with Gasteiger partial charge in [0.05, 0.1) is 20.3 Å². The summed E-state index contributed by atoms with van der Waals surface area (Å²) in [5, 5.41) is 3.80. The van der Waals surface area contributed by atoms with E-state index in [1.165, 1.54) is 23.3 Å². The largest absolute Gasteiger partial charge is 0.493 e. The number of rotatable bonds is 7. The van der Waals surface area contributed by atoms with Crippen molar-refractivity contribution in [2.75, 3.05) is 32.7 Å². The Balaban J connectivity index is 1.62. The molecule has 0 bridgehead atoms. The van der Waals surface area contributed by atoms with Crippen LogP contribution in [0.4, 0.5) is 10.1 Å². The molecule has 1 aliphatic rings. The summed E-state index contributed by atoms with van der Waals surface area (Å²) in [4.78, 5) is 2.12. The van der Waals surface area contributed by atoms with E-state index in [9.17, 15) is 4.39 Å². The molecule has 0 fully saturated rings. The molecule has 3 aromatic rings. The highest BCUT2D eigenvalue weighted by Gasteiger charge is 2.31. The Hall–Kier alpha value is -3.32. The van der Waals surface area contributed by atoms with E-state index in [1.54, 1.807) is 26.4 Å². The van der Waals surface area contributed by atoms with Gasteiger partial charge in [0, 0.05) is 12.2 Å². The molecule has 0 amide bonds. The lowest BCUT2D eigenvalue weighted by atomic mass is 9.92. The minimum Gasteiger partial charge on any atom is -0.493 e. The van der Waals surface area contributed by atoms with E-state index >= 15 is 0 Å². The fourth-order valence-electron chi connectivity index (χ4n) is 4.30. The minimum absolute atomic E-state index is 0.149. The number of hydrogen-bond acceptors (Lipinski definition) is 4. The maximum absolute atomic E-state index is 13.4. The monoisotopic (exact) mass is 494 g/mol. The van der Waals surface area contributed by atoms with Crippen molar-refractivity contribution in [3.8, 4) is 17.2 Å². The zero-order valence-corrected chi connectivity index (χ0v) is 21.3. The summed E-state index contributed by atoms with van der Waals surface area (Å²) >= 11 is 5.79. The number of nitrogens with one attached hydrogen (secondary N) is 1. The molecule has 1 N–H and O–H groups in total. The Labute approximate surface area is 211 Å². The van der Waals surface area contributed by atoms with Crippen LogP contribution in [-0.2, 0) is 6.42 Å². The third-order valence-corrected chi connectivity index (χ3v) is 6.65. The van der Waals surface area contributed by atoms with Crippen LogP contribution in [0, 0.1) is 5.82 Å². The first-order chi connectivity index (χ1) is 16.9. The van der Waals surface area contributed by atoms with Crippen LogP contribution in [0.5, 0.6) is 17.2 Å². The van der Waals surface area contributed by atoms with E-state index in [0.29, 0.717) is 35.7 Å². The standard InChI is InChI=1S/C28H31FN2O3S/c1-18(2)19-5-11-23(12-6-19)34-17-25-24-16-27(33-4)26(32-3)15-20(24)13-14-31(25)28(35)30-22-9-7-21(29)8-10-22/h5-12,15-16,18,25H,13-14,17H2,1-4H3,(H,30,35). The Morgan fingerprint density at radius 1 is 1.03 bits per heavy atom. The smallest absolute Gasteiger partial charge is 0.174 e. The van der Waals surface area contributed by atoms with Crippen molar-refractivity contribution < 1.29 is 18.6 Å². The third-order valence-electron chi connectivity index (χ3n) is 6.31. The van der Waals surface area contributed by atoms with Crippen molar-refractivity contribution >= 4 is 23.0 Å². The predicted molar refractivity (Wildman–Crippen MR) is 141 cm³/mol. The number of hydrogen-bond donors (Lipinski definition) is 1. The lowest BCUT2D eigenvalue weighted by Crippen LogP contribution is -2.44. The van der Waals surface area contributed by atoms with Gasteiger partial charge in [-0.1, -0.05) is 26.0 Å². The minimum atomic E-state index is -0.288. The van der Waals surface area contributed by atoms with Gasteiger partial charge in [-0.15, -0.1) is 0 Å². The number of fused-ring (bicyclic) bond motifs is 1. The first kappa shape index (κ1) is 24.8. The first-order valence-electron chi connectivity index (χ1n) is 11.7. The molecule has 0 saturated carbocycles. The molecule has 3 aromatic carbocycles. The van der Waals surface area contributed by atoms with Gasteiger partial charge in [0.1, 0.15) is 18.2 Å². The molecular weight excluding hydrogens is 463 g/mol. The molecule has 0 saturated heterocycles. The fraction of sp³-hybridized carbons (Fsp3) is 0.321. The summed E-state index contributed by atoms with van der Waals surface area (Å²) in [5.74, 6) is 2.35. The number of anilines is 1. The third kappa shape index (κ3) is 5.68. The van der Waals surface area contributed by atoms with Gasteiger partial charge in [-0.25, -0.2) is 4.39 Å². The summed E-state index contributed by atoms with van der Waals surface area (Å²) in [6, 6.07) is 18.3. The average molecular weight is 495 g/mol. The summed E-state index contributed by atoms with van der Waals surface area (Å²) < 4.78 is 30.7. The fourth-order valence-corrected chi connectivity index (χ4v) is 4.64. The average Bonchev–Trinajstić information content (AvgIpc) is 2.87. The van der Waals surface area contributed by atoms with Crippen molar-refractivity contribution in [2.45, 2.75) is 32.2 Å². The topological polar surface area (TPSA) is 43.0 Å². The molecule has 1 atom stereocenters. The molecule has 4 rings (SSSR count). The van der Waals surface area contributed by atoms with Gasteiger partial charge in [-0.05, 0) is 89.8 Å². The van der Waals surface area contributed by atoms with Gasteiger partial charge in [0.15, 0.2) is 16.6 Å². The summed E-state index contributed by atoms with van der Waals surface area (Å²) in [6.45, 7) is 5.44. The highest BCUT2D eigenvalue weighted by molar-refractivity contribution is 7.80. The second kappa shape index (κ2) is 11.0. The van der Waals surface area contributed by atoms with Crippen molar-refractivity contribution in [2.24, 2.45) is 0 Å². The van der Waals surface area contributed by atoms with E-state index in [-0.39, 0.29) is 11.9 Å². The second-order valence-corrected chi connectivity index (χ2v) is 9.22.